The van der Waals surface area contributed by atoms with Crippen molar-refractivity contribution < 1.29 is 0 Å². The van der Waals surface area contributed by atoms with Gasteiger partial charge in [0.15, 0.2) is 0 Å². The summed E-state index contributed by atoms with van der Waals surface area (Å²) in [6, 6.07) is 7.74. The van der Waals surface area contributed by atoms with Gasteiger partial charge in [0, 0.05) is 32.2 Å². The molecule has 1 N–H and O–H groups in total. The standard InChI is InChI=1S/C13H18N2/c1-10-4-5-15(10)9-11-2-3-12-7-14-8-13(12)6-11/h2-3,6,10,14H,4-5,7-9H2,1H3. The third kappa shape index (κ3) is 1.68. The smallest absolute Gasteiger partial charge is 0.0236 e. The zero-order valence-electron chi connectivity index (χ0n) is 9.29. The molecule has 15 heavy (non-hydrogen) atoms. The summed E-state index contributed by atoms with van der Waals surface area (Å²) in [6.07, 6.45) is 1.37. The van der Waals surface area contributed by atoms with Crippen molar-refractivity contribution in [2.45, 2.75) is 39.0 Å². The highest BCUT2D eigenvalue weighted by atomic mass is 15.2. The summed E-state index contributed by atoms with van der Waals surface area (Å²) in [4.78, 5) is 2.55. The summed E-state index contributed by atoms with van der Waals surface area (Å²) >= 11 is 0. The number of fused-ring (bicyclic) bond motifs is 1. The van der Waals surface area contributed by atoms with E-state index in [0.717, 1.165) is 25.7 Å². The molecule has 1 unspecified atom stereocenters. The molecule has 2 heterocycles. The lowest BCUT2D eigenvalue weighted by atomic mass is 10.0. The summed E-state index contributed by atoms with van der Waals surface area (Å²) in [6.45, 7) is 6.83. The number of likely N-dealkylation sites (tertiary alicyclic amines) is 1. The Kier molecular flexibility index (Phi) is 2.26. The minimum atomic E-state index is 0.788. The summed E-state index contributed by atoms with van der Waals surface area (Å²) in [5.74, 6) is 0. The van der Waals surface area contributed by atoms with E-state index in [1.165, 1.54) is 29.7 Å². The highest BCUT2D eigenvalue weighted by Crippen LogP contribution is 2.22. The average molecular weight is 202 g/mol. The van der Waals surface area contributed by atoms with Crippen molar-refractivity contribution in [3.8, 4) is 0 Å². The molecule has 1 fully saturated rings. The van der Waals surface area contributed by atoms with Gasteiger partial charge < -0.3 is 5.32 Å². The third-order valence-corrected chi connectivity index (χ3v) is 3.74. The lowest BCUT2D eigenvalue weighted by Gasteiger charge is -2.38. The maximum Gasteiger partial charge on any atom is 0.0236 e. The van der Waals surface area contributed by atoms with Gasteiger partial charge in [0.1, 0.15) is 0 Å². The van der Waals surface area contributed by atoms with Crippen LogP contribution in [0.3, 0.4) is 0 Å². The lowest BCUT2D eigenvalue weighted by Crippen LogP contribution is -2.44. The van der Waals surface area contributed by atoms with E-state index in [0.29, 0.717) is 0 Å². The van der Waals surface area contributed by atoms with Gasteiger partial charge in [-0.1, -0.05) is 18.2 Å². The third-order valence-electron chi connectivity index (χ3n) is 3.74. The van der Waals surface area contributed by atoms with Crippen molar-refractivity contribution in [3.05, 3.63) is 34.9 Å². The van der Waals surface area contributed by atoms with Crippen LogP contribution in [-0.4, -0.2) is 17.5 Å². The molecular formula is C13H18N2. The van der Waals surface area contributed by atoms with E-state index in [4.69, 9.17) is 0 Å². The molecule has 3 rings (SSSR count). The second-order valence-corrected chi connectivity index (χ2v) is 4.81. The Morgan fingerprint density at radius 1 is 1.33 bits per heavy atom. The molecule has 2 aliphatic heterocycles. The molecule has 2 nitrogen and oxygen atoms in total. The first kappa shape index (κ1) is 9.37. The number of hydrogen-bond acceptors (Lipinski definition) is 2. The Hall–Kier alpha value is -0.860. The van der Waals surface area contributed by atoms with Gasteiger partial charge in [0.25, 0.3) is 0 Å². The Morgan fingerprint density at radius 2 is 2.20 bits per heavy atom. The lowest BCUT2D eigenvalue weighted by molar-refractivity contribution is 0.0959. The van der Waals surface area contributed by atoms with Gasteiger partial charge in [-0.05, 0) is 30.0 Å². The first-order chi connectivity index (χ1) is 7.33. The zero-order chi connectivity index (χ0) is 10.3. The number of nitrogens with zero attached hydrogens (tertiary/aromatic N) is 1. The molecule has 0 spiro atoms. The van der Waals surface area contributed by atoms with Crippen molar-refractivity contribution in [2.75, 3.05) is 6.54 Å². The largest absolute Gasteiger partial charge is 0.309 e. The topological polar surface area (TPSA) is 15.3 Å². The molecule has 2 heteroatoms. The Labute approximate surface area is 91.3 Å². The fourth-order valence-electron chi connectivity index (χ4n) is 2.49. The van der Waals surface area contributed by atoms with Crippen LogP contribution in [0.4, 0.5) is 0 Å². The second kappa shape index (κ2) is 3.62. The Morgan fingerprint density at radius 3 is 2.93 bits per heavy atom. The van der Waals surface area contributed by atoms with Crippen LogP contribution in [0, 0.1) is 0 Å². The number of benzene rings is 1. The maximum absolute atomic E-state index is 3.39. The van der Waals surface area contributed by atoms with Gasteiger partial charge in [-0.2, -0.15) is 0 Å². The summed E-state index contributed by atoms with van der Waals surface area (Å²) in [5.41, 5.74) is 4.46. The molecule has 1 aromatic carbocycles. The van der Waals surface area contributed by atoms with Gasteiger partial charge >= 0.3 is 0 Å². The molecule has 1 aromatic rings. The molecule has 0 aliphatic carbocycles. The fourth-order valence-corrected chi connectivity index (χ4v) is 2.49. The van der Waals surface area contributed by atoms with Gasteiger partial charge in [-0.15, -0.1) is 0 Å². The van der Waals surface area contributed by atoms with Gasteiger partial charge in [0.2, 0.25) is 0 Å². The molecular weight excluding hydrogens is 184 g/mol. The first-order valence-corrected chi connectivity index (χ1v) is 5.88. The number of nitrogens with one attached hydrogen (secondary N) is 1. The van der Waals surface area contributed by atoms with E-state index in [1.807, 2.05) is 0 Å². The van der Waals surface area contributed by atoms with Gasteiger partial charge in [-0.3, -0.25) is 4.90 Å². The quantitative estimate of drug-likeness (QED) is 0.787. The van der Waals surface area contributed by atoms with Gasteiger partial charge in [-0.25, -0.2) is 0 Å². The van der Waals surface area contributed by atoms with Crippen LogP contribution in [0.2, 0.25) is 0 Å². The Bertz CT molecular complexity index is 373. The van der Waals surface area contributed by atoms with Crippen molar-refractivity contribution in [2.24, 2.45) is 0 Å². The van der Waals surface area contributed by atoms with Gasteiger partial charge in [0.05, 0.1) is 0 Å². The molecule has 80 valence electrons. The normalized spacial score (nSPS) is 25.0. The van der Waals surface area contributed by atoms with E-state index in [-0.39, 0.29) is 0 Å². The molecule has 0 aromatic heterocycles. The highest BCUT2D eigenvalue weighted by molar-refractivity contribution is 5.34. The maximum atomic E-state index is 3.39. The predicted octanol–water partition coefficient (Wildman–Crippen LogP) is 1.88. The summed E-state index contributed by atoms with van der Waals surface area (Å²) in [7, 11) is 0. The average Bonchev–Trinajstić information content (AvgIpc) is 2.71. The summed E-state index contributed by atoms with van der Waals surface area (Å²) in [5, 5.41) is 3.39. The van der Waals surface area contributed by atoms with E-state index in [9.17, 15) is 0 Å². The van der Waals surface area contributed by atoms with Crippen molar-refractivity contribution in [1.29, 1.82) is 0 Å². The van der Waals surface area contributed by atoms with Crippen LogP contribution >= 0.6 is 0 Å². The molecule has 1 saturated heterocycles. The zero-order valence-corrected chi connectivity index (χ0v) is 9.29. The molecule has 0 saturated carbocycles. The van der Waals surface area contributed by atoms with Crippen LogP contribution in [0.5, 0.6) is 0 Å². The highest BCUT2D eigenvalue weighted by Gasteiger charge is 2.23. The van der Waals surface area contributed by atoms with Crippen LogP contribution in [0.25, 0.3) is 0 Å². The molecule has 0 radical (unpaired) electrons. The van der Waals surface area contributed by atoms with Crippen LogP contribution in [0.1, 0.15) is 30.0 Å². The van der Waals surface area contributed by atoms with Crippen molar-refractivity contribution in [3.63, 3.8) is 0 Å². The molecule has 0 bridgehead atoms. The molecule has 2 aliphatic rings. The monoisotopic (exact) mass is 202 g/mol. The second-order valence-electron chi connectivity index (χ2n) is 4.81. The SMILES string of the molecule is CC1CCN1Cc1ccc2c(c1)CNC2. The van der Waals surface area contributed by atoms with Crippen molar-refractivity contribution in [1.82, 2.24) is 10.2 Å². The van der Waals surface area contributed by atoms with Crippen LogP contribution in [-0.2, 0) is 19.6 Å². The van der Waals surface area contributed by atoms with Crippen LogP contribution in [0.15, 0.2) is 18.2 Å². The number of rotatable bonds is 2. The van der Waals surface area contributed by atoms with E-state index >= 15 is 0 Å². The van der Waals surface area contributed by atoms with E-state index < -0.39 is 0 Å². The van der Waals surface area contributed by atoms with Crippen LogP contribution < -0.4 is 5.32 Å². The Balaban J connectivity index is 1.75. The minimum absolute atomic E-state index is 0.788. The first-order valence-electron chi connectivity index (χ1n) is 5.88. The fraction of sp³-hybridized carbons (Fsp3) is 0.538. The van der Waals surface area contributed by atoms with Crippen molar-refractivity contribution >= 4 is 0 Å². The van der Waals surface area contributed by atoms with E-state index in [1.54, 1.807) is 0 Å². The molecule has 0 amide bonds. The molecule has 1 atom stereocenters. The predicted molar refractivity (Wildman–Crippen MR) is 61.5 cm³/mol. The minimum Gasteiger partial charge on any atom is -0.309 e. The van der Waals surface area contributed by atoms with E-state index in [2.05, 4.69) is 35.3 Å². The number of hydrogen-bond donors (Lipinski definition) is 1. The summed E-state index contributed by atoms with van der Waals surface area (Å²) < 4.78 is 0.